The molecule has 1 amide bonds. The topological polar surface area (TPSA) is 90.3 Å². The molecule has 2 heterocycles. The molecule has 0 radical (unpaired) electrons. The van der Waals surface area contributed by atoms with E-state index in [-0.39, 0.29) is 31.1 Å². The average molecular weight is 300 g/mol. The summed E-state index contributed by atoms with van der Waals surface area (Å²) >= 11 is 0. The minimum absolute atomic E-state index is 0.0146. The van der Waals surface area contributed by atoms with Crippen LogP contribution in [0.4, 0.5) is 0 Å². The van der Waals surface area contributed by atoms with Gasteiger partial charge in [0.25, 0.3) is 0 Å². The number of amides is 1. The summed E-state index contributed by atoms with van der Waals surface area (Å²) < 4.78 is 5.56. The lowest BCUT2D eigenvalue weighted by atomic mass is 10.1. The third-order valence-electron chi connectivity index (χ3n) is 4.24. The third-order valence-corrected chi connectivity index (χ3v) is 4.24. The number of hydrogen-bond acceptors (Lipinski definition) is 5. The smallest absolute Gasteiger partial charge is 0.317 e. The number of hydrogen-bond donors (Lipinski definition) is 2. The Hall–Kier alpha value is -1.18. The number of aliphatic hydroxyl groups excluding tert-OH is 1. The van der Waals surface area contributed by atoms with Crippen molar-refractivity contribution in [2.24, 2.45) is 0 Å². The fourth-order valence-electron chi connectivity index (χ4n) is 3.03. The molecule has 2 saturated heterocycles. The van der Waals surface area contributed by atoms with Crippen molar-refractivity contribution in [2.75, 3.05) is 33.3 Å². The van der Waals surface area contributed by atoms with Crippen molar-refractivity contribution < 1.29 is 24.5 Å². The van der Waals surface area contributed by atoms with Crippen molar-refractivity contribution >= 4 is 11.9 Å². The first-order chi connectivity index (χ1) is 9.97. The van der Waals surface area contributed by atoms with E-state index < -0.39 is 12.1 Å². The molecule has 0 unspecified atom stereocenters. The highest BCUT2D eigenvalue weighted by Gasteiger charge is 2.37. The van der Waals surface area contributed by atoms with Gasteiger partial charge >= 0.3 is 5.97 Å². The minimum Gasteiger partial charge on any atom is -0.480 e. The second-order valence-electron chi connectivity index (χ2n) is 5.93. The number of rotatable bonds is 5. The second kappa shape index (κ2) is 7.20. The van der Waals surface area contributed by atoms with Crippen LogP contribution in [0.3, 0.4) is 0 Å². The molecule has 2 fully saturated rings. The van der Waals surface area contributed by atoms with Crippen LogP contribution < -0.4 is 0 Å². The molecule has 2 rings (SSSR count). The summed E-state index contributed by atoms with van der Waals surface area (Å²) in [6.07, 6.45) is 2.68. The van der Waals surface area contributed by atoms with Crippen LogP contribution in [0.25, 0.3) is 0 Å². The molecule has 0 bridgehead atoms. The number of nitrogens with zero attached hydrogens (tertiary/aromatic N) is 2. The molecule has 2 aliphatic heterocycles. The molecule has 2 aliphatic rings. The van der Waals surface area contributed by atoms with Crippen molar-refractivity contribution in [3.8, 4) is 0 Å². The summed E-state index contributed by atoms with van der Waals surface area (Å²) in [6, 6.07) is -0.322. The lowest BCUT2D eigenvalue weighted by Gasteiger charge is -2.26. The van der Waals surface area contributed by atoms with Crippen LogP contribution in [0.2, 0.25) is 0 Å². The molecule has 7 nitrogen and oxygen atoms in total. The molecular weight excluding hydrogens is 276 g/mol. The predicted molar refractivity (Wildman–Crippen MR) is 74.8 cm³/mol. The van der Waals surface area contributed by atoms with Crippen LogP contribution in [0, 0.1) is 0 Å². The summed E-state index contributed by atoms with van der Waals surface area (Å²) in [5.41, 5.74) is 0. The number of aliphatic carboxylic acids is 1. The first-order valence-electron chi connectivity index (χ1n) is 7.47. The maximum absolute atomic E-state index is 12.2. The maximum Gasteiger partial charge on any atom is 0.317 e. The largest absolute Gasteiger partial charge is 0.480 e. The predicted octanol–water partition coefficient (Wildman–Crippen LogP) is -0.466. The number of β-amino-alcohol motifs (C(OH)–C–C–N with tert-alkyl or cyclic N) is 1. The number of carbonyl (C=O) groups excluding carboxylic acids is 1. The Kier molecular flexibility index (Phi) is 5.55. The lowest BCUT2D eigenvalue weighted by molar-refractivity contribution is -0.138. The molecule has 0 aromatic heterocycles. The Morgan fingerprint density at radius 2 is 2.10 bits per heavy atom. The normalized spacial score (nSPS) is 29.9. The van der Waals surface area contributed by atoms with Crippen molar-refractivity contribution in [1.29, 1.82) is 0 Å². The number of carboxylic acids is 1. The third kappa shape index (κ3) is 4.39. The van der Waals surface area contributed by atoms with Gasteiger partial charge in [-0.2, -0.15) is 0 Å². The first kappa shape index (κ1) is 16.2. The van der Waals surface area contributed by atoms with Crippen LogP contribution in [0.5, 0.6) is 0 Å². The molecular formula is C14H24N2O5. The monoisotopic (exact) mass is 300 g/mol. The summed E-state index contributed by atoms with van der Waals surface area (Å²) in [4.78, 5) is 26.2. The highest BCUT2D eigenvalue weighted by molar-refractivity contribution is 5.77. The fraction of sp³-hybridized carbons (Fsp3) is 0.857. The Bertz CT molecular complexity index is 384. The van der Waals surface area contributed by atoms with E-state index in [1.165, 1.54) is 0 Å². The van der Waals surface area contributed by atoms with Gasteiger partial charge in [0.15, 0.2) is 0 Å². The molecule has 120 valence electrons. The van der Waals surface area contributed by atoms with E-state index in [4.69, 9.17) is 9.84 Å². The van der Waals surface area contributed by atoms with Gasteiger partial charge in [-0.1, -0.05) is 0 Å². The number of carbonyl (C=O) groups is 2. The van der Waals surface area contributed by atoms with E-state index in [0.717, 1.165) is 19.3 Å². The second-order valence-corrected chi connectivity index (χ2v) is 5.93. The van der Waals surface area contributed by atoms with Crippen molar-refractivity contribution in [3.63, 3.8) is 0 Å². The van der Waals surface area contributed by atoms with E-state index in [9.17, 15) is 14.7 Å². The SMILES string of the molecule is CN(CC(=O)O)[C@H]1CN(C(=O)C[C@@H]2CCCCO2)C[C@H]1O. The van der Waals surface area contributed by atoms with Gasteiger partial charge in [-0.3, -0.25) is 14.5 Å². The van der Waals surface area contributed by atoms with Crippen LogP contribution >= 0.6 is 0 Å². The van der Waals surface area contributed by atoms with E-state index in [2.05, 4.69) is 0 Å². The number of likely N-dealkylation sites (tertiary alicyclic amines) is 1. The minimum atomic E-state index is -0.940. The van der Waals surface area contributed by atoms with Gasteiger partial charge in [-0.25, -0.2) is 0 Å². The number of likely N-dealkylation sites (N-methyl/N-ethyl adjacent to an activating group) is 1. The van der Waals surface area contributed by atoms with Gasteiger partial charge in [0.2, 0.25) is 5.91 Å². The zero-order chi connectivity index (χ0) is 15.4. The van der Waals surface area contributed by atoms with E-state index >= 15 is 0 Å². The fourth-order valence-corrected chi connectivity index (χ4v) is 3.03. The van der Waals surface area contributed by atoms with Crippen molar-refractivity contribution in [2.45, 2.75) is 43.9 Å². The lowest BCUT2D eigenvalue weighted by Crippen LogP contribution is -2.43. The standard InChI is InChI=1S/C14H24N2O5/c1-15(9-14(19)20)11-7-16(8-12(11)17)13(18)6-10-4-2-3-5-21-10/h10-12,17H,2-9H2,1H3,(H,19,20)/t10-,11-,12+/m0/s1. The Morgan fingerprint density at radius 1 is 1.33 bits per heavy atom. The molecule has 7 heteroatoms. The van der Waals surface area contributed by atoms with Crippen LogP contribution in [-0.4, -0.2) is 83.4 Å². The zero-order valence-corrected chi connectivity index (χ0v) is 12.4. The summed E-state index contributed by atoms with van der Waals surface area (Å²) in [6.45, 7) is 1.21. The van der Waals surface area contributed by atoms with Gasteiger partial charge in [-0.05, 0) is 26.3 Å². The number of ether oxygens (including phenoxy) is 1. The highest BCUT2D eigenvalue weighted by atomic mass is 16.5. The Morgan fingerprint density at radius 3 is 2.71 bits per heavy atom. The molecule has 0 aliphatic carbocycles. The molecule has 0 aromatic rings. The number of carboxylic acid groups (broad SMARTS) is 1. The summed E-state index contributed by atoms with van der Waals surface area (Å²) in [5.74, 6) is -0.961. The van der Waals surface area contributed by atoms with Crippen LogP contribution in [-0.2, 0) is 14.3 Å². The average Bonchev–Trinajstić information content (AvgIpc) is 2.81. The van der Waals surface area contributed by atoms with Crippen molar-refractivity contribution in [3.05, 3.63) is 0 Å². The summed E-state index contributed by atoms with van der Waals surface area (Å²) in [7, 11) is 1.65. The van der Waals surface area contributed by atoms with Crippen LogP contribution in [0.1, 0.15) is 25.7 Å². The maximum atomic E-state index is 12.2. The van der Waals surface area contributed by atoms with Gasteiger partial charge < -0.3 is 19.8 Å². The molecule has 0 saturated carbocycles. The van der Waals surface area contributed by atoms with E-state index in [1.807, 2.05) is 0 Å². The highest BCUT2D eigenvalue weighted by Crippen LogP contribution is 2.20. The molecule has 0 spiro atoms. The quantitative estimate of drug-likeness (QED) is 0.714. The Balaban J connectivity index is 1.84. The van der Waals surface area contributed by atoms with Crippen LogP contribution in [0.15, 0.2) is 0 Å². The summed E-state index contributed by atoms with van der Waals surface area (Å²) in [5, 5.41) is 18.8. The van der Waals surface area contributed by atoms with E-state index in [0.29, 0.717) is 19.6 Å². The van der Waals surface area contributed by atoms with E-state index in [1.54, 1.807) is 16.8 Å². The number of aliphatic hydroxyl groups is 1. The van der Waals surface area contributed by atoms with Crippen molar-refractivity contribution in [1.82, 2.24) is 9.80 Å². The van der Waals surface area contributed by atoms with Gasteiger partial charge in [0.05, 0.1) is 31.2 Å². The van der Waals surface area contributed by atoms with Gasteiger partial charge in [-0.15, -0.1) is 0 Å². The zero-order valence-electron chi connectivity index (χ0n) is 12.4. The first-order valence-corrected chi connectivity index (χ1v) is 7.47. The Labute approximate surface area is 124 Å². The molecule has 2 N–H and O–H groups in total. The molecule has 21 heavy (non-hydrogen) atoms. The van der Waals surface area contributed by atoms with Gasteiger partial charge in [0.1, 0.15) is 0 Å². The molecule has 3 atom stereocenters. The molecule has 0 aromatic carbocycles. The van der Waals surface area contributed by atoms with Gasteiger partial charge in [0, 0.05) is 19.7 Å².